The van der Waals surface area contributed by atoms with E-state index >= 15 is 0 Å². The second-order valence-electron chi connectivity index (χ2n) is 6.68. The molecule has 148 valence electrons. The van der Waals surface area contributed by atoms with Crippen LogP contribution in [-0.2, 0) is 19.5 Å². The van der Waals surface area contributed by atoms with E-state index in [0.29, 0.717) is 23.8 Å². The number of benzene rings is 1. The van der Waals surface area contributed by atoms with Gasteiger partial charge in [0.15, 0.2) is 11.5 Å². The summed E-state index contributed by atoms with van der Waals surface area (Å²) in [6.45, 7) is 2.98. The SMILES string of the molecule is COc1cc(CN2CCc3nc4ccsc4c(=O)n3CC2)cc(OC)c1OC. The molecule has 3 aromatic rings. The first-order valence-corrected chi connectivity index (χ1v) is 10.0. The number of hydrogen-bond donors (Lipinski definition) is 0. The highest BCUT2D eigenvalue weighted by molar-refractivity contribution is 7.17. The van der Waals surface area contributed by atoms with Gasteiger partial charge >= 0.3 is 0 Å². The van der Waals surface area contributed by atoms with Crippen LogP contribution in [0.3, 0.4) is 0 Å². The van der Waals surface area contributed by atoms with E-state index in [4.69, 9.17) is 19.2 Å². The van der Waals surface area contributed by atoms with E-state index in [9.17, 15) is 4.79 Å². The fraction of sp³-hybridized carbons (Fsp3) is 0.400. The zero-order chi connectivity index (χ0) is 19.7. The summed E-state index contributed by atoms with van der Waals surface area (Å²) in [7, 11) is 4.84. The van der Waals surface area contributed by atoms with Gasteiger partial charge in [-0.25, -0.2) is 4.98 Å². The Kier molecular flexibility index (Phi) is 5.23. The second-order valence-corrected chi connectivity index (χ2v) is 7.60. The van der Waals surface area contributed by atoms with Gasteiger partial charge in [0.1, 0.15) is 10.5 Å². The first kappa shape index (κ1) is 18.8. The first-order chi connectivity index (χ1) is 13.6. The minimum atomic E-state index is 0.0737. The van der Waals surface area contributed by atoms with E-state index in [0.717, 1.165) is 47.7 Å². The third kappa shape index (κ3) is 3.33. The Bertz CT molecular complexity index is 1030. The number of aromatic nitrogens is 2. The lowest BCUT2D eigenvalue weighted by molar-refractivity contribution is 0.269. The zero-order valence-electron chi connectivity index (χ0n) is 16.2. The van der Waals surface area contributed by atoms with Crippen LogP contribution in [0.4, 0.5) is 0 Å². The van der Waals surface area contributed by atoms with E-state index in [1.54, 1.807) is 21.3 Å². The zero-order valence-corrected chi connectivity index (χ0v) is 17.0. The summed E-state index contributed by atoms with van der Waals surface area (Å²) in [6, 6.07) is 5.86. The summed E-state index contributed by atoms with van der Waals surface area (Å²) in [5, 5.41) is 1.93. The monoisotopic (exact) mass is 401 g/mol. The molecule has 0 unspecified atom stereocenters. The van der Waals surface area contributed by atoms with Crippen LogP contribution in [-0.4, -0.2) is 48.9 Å². The number of methoxy groups -OCH3 is 3. The third-order valence-electron chi connectivity index (χ3n) is 5.07. The van der Waals surface area contributed by atoms with E-state index in [2.05, 4.69) is 4.90 Å². The smallest absolute Gasteiger partial charge is 0.271 e. The van der Waals surface area contributed by atoms with Gasteiger partial charge in [0.2, 0.25) is 5.75 Å². The molecule has 8 heteroatoms. The molecule has 1 aliphatic heterocycles. The van der Waals surface area contributed by atoms with Crippen molar-refractivity contribution in [3.05, 3.63) is 45.3 Å². The number of hydrogen-bond acceptors (Lipinski definition) is 7. The number of ether oxygens (including phenoxy) is 3. The fourth-order valence-corrected chi connectivity index (χ4v) is 4.44. The molecule has 1 aliphatic rings. The average Bonchev–Trinajstić information content (AvgIpc) is 3.09. The molecule has 0 amide bonds. The number of fused-ring (bicyclic) bond motifs is 2. The predicted octanol–water partition coefficient (Wildman–Crippen LogP) is 2.54. The average molecular weight is 401 g/mol. The highest BCUT2D eigenvalue weighted by Gasteiger charge is 2.20. The van der Waals surface area contributed by atoms with E-state index in [-0.39, 0.29) is 5.56 Å². The minimum Gasteiger partial charge on any atom is -0.493 e. The van der Waals surface area contributed by atoms with Crippen molar-refractivity contribution in [1.82, 2.24) is 14.5 Å². The summed E-state index contributed by atoms with van der Waals surface area (Å²) < 4.78 is 18.9. The molecule has 0 saturated heterocycles. The molecule has 1 aromatic carbocycles. The molecule has 0 radical (unpaired) electrons. The molecule has 0 aliphatic carbocycles. The van der Waals surface area contributed by atoms with Crippen molar-refractivity contribution in [2.24, 2.45) is 0 Å². The lowest BCUT2D eigenvalue weighted by Crippen LogP contribution is -2.28. The predicted molar refractivity (Wildman–Crippen MR) is 109 cm³/mol. The maximum atomic E-state index is 12.8. The quantitative estimate of drug-likeness (QED) is 0.655. The van der Waals surface area contributed by atoms with Gasteiger partial charge in [0, 0.05) is 32.6 Å². The Morgan fingerprint density at radius 3 is 2.50 bits per heavy atom. The molecule has 0 N–H and O–H groups in total. The van der Waals surface area contributed by atoms with Crippen LogP contribution >= 0.6 is 11.3 Å². The fourth-order valence-electron chi connectivity index (χ4n) is 3.67. The molecular formula is C20H23N3O4S. The largest absolute Gasteiger partial charge is 0.493 e. The molecule has 0 bridgehead atoms. The molecular weight excluding hydrogens is 378 g/mol. The maximum Gasteiger partial charge on any atom is 0.271 e. The van der Waals surface area contributed by atoms with Crippen LogP contribution in [0, 0.1) is 0 Å². The normalized spacial score (nSPS) is 14.5. The number of nitrogens with zero attached hydrogens (tertiary/aromatic N) is 3. The van der Waals surface area contributed by atoms with Crippen LogP contribution < -0.4 is 19.8 Å². The van der Waals surface area contributed by atoms with Gasteiger partial charge < -0.3 is 14.2 Å². The molecule has 2 aromatic heterocycles. The third-order valence-corrected chi connectivity index (χ3v) is 5.96. The maximum absolute atomic E-state index is 12.8. The summed E-state index contributed by atoms with van der Waals surface area (Å²) >= 11 is 1.46. The van der Waals surface area contributed by atoms with Gasteiger partial charge in [-0.2, -0.15) is 0 Å². The van der Waals surface area contributed by atoms with Crippen molar-refractivity contribution >= 4 is 21.6 Å². The Hall–Kier alpha value is -2.58. The molecule has 0 saturated carbocycles. The molecule has 4 rings (SSSR count). The standard InChI is InChI=1S/C20H23N3O4S/c1-25-15-10-13(11-16(26-2)18(15)27-3)12-22-6-4-17-21-14-5-9-28-19(14)20(24)23(17)8-7-22/h5,9-11H,4,6-8,12H2,1-3H3. The molecule has 0 atom stereocenters. The minimum absolute atomic E-state index is 0.0737. The lowest BCUT2D eigenvalue weighted by Gasteiger charge is -2.21. The van der Waals surface area contributed by atoms with Gasteiger partial charge in [-0.15, -0.1) is 11.3 Å². The highest BCUT2D eigenvalue weighted by Crippen LogP contribution is 2.38. The van der Waals surface area contributed by atoms with Crippen molar-refractivity contribution in [2.45, 2.75) is 19.5 Å². The van der Waals surface area contributed by atoms with Crippen LogP contribution in [0.25, 0.3) is 10.2 Å². The molecule has 28 heavy (non-hydrogen) atoms. The Morgan fingerprint density at radius 1 is 1.07 bits per heavy atom. The first-order valence-electron chi connectivity index (χ1n) is 9.12. The van der Waals surface area contributed by atoms with Crippen molar-refractivity contribution in [2.75, 3.05) is 34.4 Å². The summed E-state index contributed by atoms with van der Waals surface area (Å²) in [6.07, 6.45) is 0.742. The Balaban J connectivity index is 1.57. The van der Waals surface area contributed by atoms with Gasteiger partial charge in [0.05, 0.1) is 26.8 Å². The number of rotatable bonds is 5. The van der Waals surface area contributed by atoms with Gasteiger partial charge in [-0.1, -0.05) is 0 Å². The molecule has 0 fully saturated rings. The number of thiophene rings is 1. The van der Waals surface area contributed by atoms with E-state index in [1.807, 2.05) is 28.1 Å². The van der Waals surface area contributed by atoms with Gasteiger partial charge in [0.25, 0.3) is 5.56 Å². The van der Waals surface area contributed by atoms with Crippen LogP contribution in [0.15, 0.2) is 28.4 Å². The van der Waals surface area contributed by atoms with Crippen molar-refractivity contribution in [3.8, 4) is 17.2 Å². The highest BCUT2D eigenvalue weighted by atomic mass is 32.1. The summed E-state index contributed by atoms with van der Waals surface area (Å²) in [5.74, 6) is 2.75. The van der Waals surface area contributed by atoms with Crippen molar-refractivity contribution in [1.29, 1.82) is 0 Å². The Labute approximate surface area is 167 Å². The van der Waals surface area contributed by atoms with Crippen molar-refractivity contribution in [3.63, 3.8) is 0 Å². The molecule has 0 spiro atoms. The van der Waals surface area contributed by atoms with Crippen LogP contribution in [0.1, 0.15) is 11.4 Å². The van der Waals surface area contributed by atoms with E-state index < -0.39 is 0 Å². The lowest BCUT2D eigenvalue weighted by atomic mass is 10.1. The van der Waals surface area contributed by atoms with Crippen molar-refractivity contribution < 1.29 is 14.2 Å². The molecule has 3 heterocycles. The topological polar surface area (TPSA) is 65.8 Å². The summed E-state index contributed by atoms with van der Waals surface area (Å²) in [5.41, 5.74) is 1.95. The van der Waals surface area contributed by atoms with Crippen LogP contribution in [0.2, 0.25) is 0 Å². The molecule has 7 nitrogen and oxygen atoms in total. The van der Waals surface area contributed by atoms with Crippen LogP contribution in [0.5, 0.6) is 17.2 Å². The summed E-state index contributed by atoms with van der Waals surface area (Å²) in [4.78, 5) is 19.8. The second kappa shape index (κ2) is 7.81. The van der Waals surface area contributed by atoms with Gasteiger partial charge in [-0.3, -0.25) is 14.3 Å². The Morgan fingerprint density at radius 2 is 1.82 bits per heavy atom. The van der Waals surface area contributed by atoms with Gasteiger partial charge in [-0.05, 0) is 29.1 Å². The van der Waals surface area contributed by atoms with E-state index in [1.165, 1.54) is 11.3 Å².